The molecular weight excluding hydrogens is 356 g/mol. The van der Waals surface area contributed by atoms with Gasteiger partial charge in [-0.05, 0) is 61.2 Å². The Balaban J connectivity index is 1.65. The average molecular weight is 382 g/mol. The van der Waals surface area contributed by atoms with Gasteiger partial charge in [0.25, 0.3) is 5.82 Å². The van der Waals surface area contributed by atoms with Crippen LogP contribution >= 0.6 is 11.6 Å². The Bertz CT molecular complexity index is 881. The molecule has 0 unspecified atom stereocenters. The van der Waals surface area contributed by atoms with Gasteiger partial charge in [0.05, 0.1) is 25.2 Å². The summed E-state index contributed by atoms with van der Waals surface area (Å²) in [6, 6.07) is 18.6. The molecule has 0 aliphatic carbocycles. The van der Waals surface area contributed by atoms with E-state index in [0.29, 0.717) is 0 Å². The van der Waals surface area contributed by atoms with Gasteiger partial charge in [0.2, 0.25) is 0 Å². The molecule has 0 N–H and O–H groups in total. The first-order valence-electron chi connectivity index (χ1n) is 9.81. The standard InChI is InChI=1S/C23H26ClN2O/c1-18-22(20-10-12-21(24)13-11-20)27-25-23(18)26(15-6-3-7-16-26)17-14-19-8-4-2-5-9-19/h2,4-5,8-13H,3,6-7,14-17H2,1H3/q+1. The van der Waals surface area contributed by atoms with Gasteiger partial charge in [-0.25, -0.2) is 0 Å². The lowest BCUT2D eigenvalue weighted by atomic mass is 10.0. The van der Waals surface area contributed by atoms with Crippen molar-refractivity contribution >= 4 is 17.4 Å². The van der Waals surface area contributed by atoms with Crippen LogP contribution in [0.3, 0.4) is 0 Å². The van der Waals surface area contributed by atoms with E-state index in [4.69, 9.17) is 16.1 Å². The smallest absolute Gasteiger partial charge is 0.269 e. The number of benzene rings is 2. The van der Waals surface area contributed by atoms with Crippen LogP contribution in [0, 0.1) is 6.92 Å². The minimum absolute atomic E-state index is 0.735. The number of hydrogen-bond acceptors (Lipinski definition) is 2. The topological polar surface area (TPSA) is 26.0 Å². The molecule has 4 rings (SSSR count). The van der Waals surface area contributed by atoms with Crippen LogP contribution in [-0.4, -0.2) is 24.8 Å². The number of nitrogens with zero attached hydrogens (tertiary/aromatic N) is 2. The Labute approximate surface area is 166 Å². The predicted molar refractivity (Wildman–Crippen MR) is 112 cm³/mol. The maximum Gasteiger partial charge on any atom is 0.269 e. The summed E-state index contributed by atoms with van der Waals surface area (Å²) in [5, 5.41) is 5.32. The van der Waals surface area contributed by atoms with Gasteiger partial charge in [-0.3, -0.25) is 4.48 Å². The molecule has 0 spiro atoms. The van der Waals surface area contributed by atoms with E-state index < -0.39 is 0 Å². The van der Waals surface area contributed by atoms with Gasteiger partial charge in [-0.2, -0.15) is 0 Å². The molecule has 0 bridgehead atoms. The highest BCUT2D eigenvalue weighted by molar-refractivity contribution is 6.30. The zero-order chi connectivity index (χ0) is 18.7. The largest absolute Gasteiger partial charge is 0.350 e. The van der Waals surface area contributed by atoms with Crippen LogP contribution in [0.2, 0.25) is 5.02 Å². The number of quaternary nitrogens is 1. The molecule has 0 saturated carbocycles. The first kappa shape index (κ1) is 18.3. The molecule has 0 radical (unpaired) electrons. The van der Waals surface area contributed by atoms with Crippen molar-refractivity contribution in [1.82, 2.24) is 9.64 Å². The van der Waals surface area contributed by atoms with Crippen molar-refractivity contribution in [1.29, 1.82) is 0 Å². The van der Waals surface area contributed by atoms with Gasteiger partial charge in [0.15, 0.2) is 5.76 Å². The lowest BCUT2D eigenvalue weighted by Gasteiger charge is -2.39. The van der Waals surface area contributed by atoms with E-state index in [1.54, 1.807) is 0 Å². The van der Waals surface area contributed by atoms with Crippen molar-refractivity contribution in [2.75, 3.05) is 19.6 Å². The van der Waals surface area contributed by atoms with E-state index in [1.165, 1.54) is 24.8 Å². The number of halogens is 1. The summed E-state index contributed by atoms with van der Waals surface area (Å²) >= 11 is 6.04. The zero-order valence-corrected chi connectivity index (χ0v) is 16.6. The van der Waals surface area contributed by atoms with Crippen molar-refractivity contribution in [3.05, 3.63) is 70.7 Å². The average Bonchev–Trinajstić information content (AvgIpc) is 3.11. The van der Waals surface area contributed by atoms with E-state index in [9.17, 15) is 0 Å². The third-order valence-corrected chi connectivity index (χ3v) is 6.05. The Morgan fingerprint density at radius 1 is 0.963 bits per heavy atom. The Hall–Kier alpha value is -2.10. The maximum absolute atomic E-state index is 6.04. The Morgan fingerprint density at radius 3 is 2.37 bits per heavy atom. The lowest BCUT2D eigenvalue weighted by molar-refractivity contribution is 0.216. The molecule has 3 nitrogen and oxygen atoms in total. The number of rotatable bonds is 5. The molecular formula is C23H26ClN2O+. The fraction of sp³-hybridized carbons (Fsp3) is 0.348. The van der Waals surface area contributed by atoms with E-state index in [-0.39, 0.29) is 0 Å². The van der Waals surface area contributed by atoms with E-state index in [0.717, 1.165) is 58.3 Å². The highest BCUT2D eigenvalue weighted by Gasteiger charge is 2.38. The van der Waals surface area contributed by atoms with E-state index in [2.05, 4.69) is 42.4 Å². The van der Waals surface area contributed by atoms with Crippen LogP contribution in [0.15, 0.2) is 59.1 Å². The number of hydrogen-bond donors (Lipinski definition) is 0. The SMILES string of the molecule is Cc1c([N+]2(CCc3ccccc3)CCCCC2)noc1-c1ccc(Cl)cc1. The third kappa shape index (κ3) is 3.80. The summed E-state index contributed by atoms with van der Waals surface area (Å²) in [4.78, 5) is 0. The molecule has 4 heteroatoms. The summed E-state index contributed by atoms with van der Waals surface area (Å²) in [5.74, 6) is 1.97. The molecule has 1 fully saturated rings. The molecule has 1 aromatic heterocycles. The minimum Gasteiger partial charge on any atom is -0.350 e. The van der Waals surface area contributed by atoms with Crippen molar-refractivity contribution in [2.24, 2.45) is 0 Å². The normalized spacial score (nSPS) is 16.4. The molecule has 1 saturated heterocycles. The van der Waals surface area contributed by atoms with Crippen molar-refractivity contribution in [3.8, 4) is 11.3 Å². The predicted octanol–water partition coefficient (Wildman–Crippen LogP) is 6.04. The maximum atomic E-state index is 6.04. The van der Waals surface area contributed by atoms with Crippen molar-refractivity contribution in [3.63, 3.8) is 0 Å². The summed E-state index contributed by atoms with van der Waals surface area (Å²) in [7, 11) is 0. The molecule has 0 atom stereocenters. The van der Waals surface area contributed by atoms with Crippen LogP contribution in [0.1, 0.15) is 30.4 Å². The summed E-state index contributed by atoms with van der Waals surface area (Å²) < 4.78 is 6.77. The van der Waals surface area contributed by atoms with Crippen LogP contribution in [0.4, 0.5) is 5.82 Å². The number of piperidine rings is 1. The first-order chi connectivity index (χ1) is 13.2. The van der Waals surface area contributed by atoms with Crippen LogP contribution in [0.5, 0.6) is 0 Å². The van der Waals surface area contributed by atoms with Crippen molar-refractivity contribution < 1.29 is 4.52 Å². The molecule has 140 valence electrons. The van der Waals surface area contributed by atoms with Gasteiger partial charge in [-0.1, -0.05) is 41.9 Å². The molecule has 2 heterocycles. The molecule has 3 aromatic rings. The number of aromatic nitrogens is 1. The highest BCUT2D eigenvalue weighted by atomic mass is 35.5. The van der Waals surface area contributed by atoms with E-state index in [1.807, 2.05) is 24.3 Å². The highest BCUT2D eigenvalue weighted by Crippen LogP contribution is 2.36. The second-order valence-corrected chi connectivity index (χ2v) is 8.02. The molecule has 1 aliphatic heterocycles. The summed E-state index contributed by atoms with van der Waals surface area (Å²) in [6.45, 7) is 5.49. The minimum atomic E-state index is 0.735. The molecule has 1 aliphatic rings. The molecule has 0 amide bonds. The van der Waals surface area contributed by atoms with Crippen LogP contribution in [-0.2, 0) is 6.42 Å². The fourth-order valence-electron chi connectivity index (χ4n) is 4.29. The van der Waals surface area contributed by atoms with Crippen LogP contribution in [0.25, 0.3) is 11.3 Å². The van der Waals surface area contributed by atoms with Gasteiger partial charge in [0.1, 0.15) is 0 Å². The van der Waals surface area contributed by atoms with Crippen LogP contribution < -0.4 is 4.48 Å². The van der Waals surface area contributed by atoms with E-state index >= 15 is 0 Å². The second kappa shape index (κ2) is 7.87. The van der Waals surface area contributed by atoms with Gasteiger partial charge in [-0.15, -0.1) is 0 Å². The van der Waals surface area contributed by atoms with Gasteiger partial charge < -0.3 is 4.52 Å². The first-order valence-corrected chi connectivity index (χ1v) is 10.2. The second-order valence-electron chi connectivity index (χ2n) is 7.58. The fourth-order valence-corrected chi connectivity index (χ4v) is 4.41. The zero-order valence-electron chi connectivity index (χ0n) is 15.8. The molecule has 2 aromatic carbocycles. The third-order valence-electron chi connectivity index (χ3n) is 5.80. The Morgan fingerprint density at radius 2 is 1.67 bits per heavy atom. The number of likely N-dealkylation sites (tertiary alicyclic amines) is 1. The summed E-state index contributed by atoms with van der Waals surface area (Å²) in [5.41, 5.74) is 3.58. The monoisotopic (exact) mass is 381 g/mol. The summed E-state index contributed by atoms with van der Waals surface area (Å²) in [6.07, 6.45) is 4.87. The van der Waals surface area contributed by atoms with Gasteiger partial charge >= 0.3 is 0 Å². The van der Waals surface area contributed by atoms with Crippen molar-refractivity contribution in [2.45, 2.75) is 32.6 Å². The van der Waals surface area contributed by atoms with Gasteiger partial charge in [0, 0.05) is 17.0 Å². The molecule has 27 heavy (non-hydrogen) atoms. The lowest BCUT2D eigenvalue weighted by Crippen LogP contribution is -2.54. The quantitative estimate of drug-likeness (QED) is 0.504. The Kier molecular flexibility index (Phi) is 5.33.